The molecule has 0 aliphatic carbocycles. The molecular weight excluding hydrogens is 407 g/mol. The maximum atomic E-state index is 12.4. The number of halogens is 2. The quantitative estimate of drug-likeness (QED) is 0.459. The summed E-state index contributed by atoms with van der Waals surface area (Å²) < 4.78 is 24.7. The summed E-state index contributed by atoms with van der Waals surface area (Å²) in [5, 5.41) is 11.1. The lowest BCUT2D eigenvalue weighted by Crippen LogP contribution is -2.18. The van der Waals surface area contributed by atoms with Crippen molar-refractivity contribution in [1.29, 1.82) is 0 Å². The molecule has 2 N–H and O–H groups in total. The van der Waals surface area contributed by atoms with Gasteiger partial charge in [-0.2, -0.15) is 18.6 Å². The molecule has 0 aliphatic heterocycles. The molecule has 3 rings (SSSR count). The first-order valence-corrected chi connectivity index (χ1v) is 10.3. The van der Waals surface area contributed by atoms with Gasteiger partial charge < -0.3 is 0 Å². The van der Waals surface area contributed by atoms with Crippen molar-refractivity contribution in [3.8, 4) is 11.3 Å². The largest absolute Gasteiger partial charge is 0.278 e. The number of hydrazone groups is 1. The summed E-state index contributed by atoms with van der Waals surface area (Å²) in [6.07, 6.45) is 3.89. The summed E-state index contributed by atoms with van der Waals surface area (Å²) in [7, 11) is -3.95. The topological polar surface area (TPSA) is 87.2 Å². The Balaban J connectivity index is 1.81. The van der Waals surface area contributed by atoms with Crippen LogP contribution in [0.2, 0.25) is 10.0 Å². The summed E-state index contributed by atoms with van der Waals surface area (Å²) in [5.41, 5.74) is 3.52. The second-order valence-corrected chi connectivity index (χ2v) is 8.15. The molecular formula is C18H16Cl2N4O2S. The fraction of sp³-hybridized carbons (Fsp3) is 0.111. The van der Waals surface area contributed by atoms with Gasteiger partial charge in [-0.05, 0) is 30.2 Å². The van der Waals surface area contributed by atoms with E-state index in [-0.39, 0.29) is 14.9 Å². The zero-order chi connectivity index (χ0) is 19.4. The Hall–Kier alpha value is -2.35. The fourth-order valence-electron chi connectivity index (χ4n) is 2.43. The van der Waals surface area contributed by atoms with E-state index >= 15 is 0 Å². The molecule has 0 atom stereocenters. The van der Waals surface area contributed by atoms with Gasteiger partial charge in [0.25, 0.3) is 10.0 Å². The predicted octanol–water partition coefficient (Wildman–Crippen LogP) is 4.26. The second-order valence-electron chi connectivity index (χ2n) is 5.68. The van der Waals surface area contributed by atoms with Crippen LogP contribution >= 0.6 is 23.2 Å². The minimum absolute atomic E-state index is 0.0575. The molecule has 0 saturated carbocycles. The molecule has 0 fully saturated rings. The van der Waals surface area contributed by atoms with Gasteiger partial charge in [0.2, 0.25) is 0 Å². The minimum atomic E-state index is -3.95. The van der Waals surface area contributed by atoms with Crippen molar-refractivity contribution in [1.82, 2.24) is 15.0 Å². The van der Waals surface area contributed by atoms with Crippen molar-refractivity contribution in [2.24, 2.45) is 5.10 Å². The van der Waals surface area contributed by atoms with E-state index in [0.717, 1.165) is 17.7 Å². The zero-order valence-corrected chi connectivity index (χ0v) is 16.6. The van der Waals surface area contributed by atoms with Gasteiger partial charge in [-0.1, -0.05) is 54.4 Å². The number of H-pyrrole nitrogens is 1. The van der Waals surface area contributed by atoms with Crippen LogP contribution in [0.15, 0.2) is 58.7 Å². The maximum Gasteiger partial charge on any atom is 0.278 e. The Morgan fingerprint density at radius 1 is 1.19 bits per heavy atom. The number of rotatable bonds is 6. The van der Waals surface area contributed by atoms with Gasteiger partial charge in [0.1, 0.15) is 4.90 Å². The van der Waals surface area contributed by atoms with Crippen LogP contribution in [0.4, 0.5) is 0 Å². The smallest absolute Gasteiger partial charge is 0.277 e. The number of aromatic nitrogens is 2. The highest BCUT2D eigenvalue weighted by Gasteiger charge is 2.17. The highest BCUT2D eigenvalue weighted by molar-refractivity contribution is 7.89. The van der Waals surface area contributed by atoms with Crippen molar-refractivity contribution in [3.05, 3.63) is 69.8 Å². The molecule has 0 saturated heterocycles. The van der Waals surface area contributed by atoms with Crippen LogP contribution in [-0.4, -0.2) is 24.8 Å². The first-order valence-electron chi connectivity index (χ1n) is 8.03. The lowest BCUT2D eigenvalue weighted by molar-refractivity contribution is 0.585. The molecule has 1 heterocycles. The molecule has 1 aromatic heterocycles. The minimum Gasteiger partial charge on any atom is -0.277 e. The number of hydrogen-bond acceptors (Lipinski definition) is 4. The molecule has 0 amide bonds. The van der Waals surface area contributed by atoms with Crippen LogP contribution in [0.1, 0.15) is 18.1 Å². The van der Waals surface area contributed by atoms with E-state index in [1.165, 1.54) is 30.0 Å². The van der Waals surface area contributed by atoms with E-state index in [1.807, 2.05) is 24.3 Å². The third-order valence-corrected chi connectivity index (χ3v) is 5.82. The molecule has 0 spiro atoms. The lowest BCUT2D eigenvalue weighted by Gasteiger charge is -2.06. The standard InChI is InChI=1S/C18H16Cl2N4O2S/c1-2-12-3-5-13(6-4-12)18-14(10-21-23-18)11-22-24-27(25,26)17-9-15(19)7-8-16(17)20/h3-11,24H,2H2,1H3,(H,21,23). The molecule has 27 heavy (non-hydrogen) atoms. The number of aromatic amines is 1. The predicted molar refractivity (Wildman–Crippen MR) is 108 cm³/mol. The normalized spacial score (nSPS) is 11.8. The van der Waals surface area contributed by atoms with Crippen LogP contribution in [0.5, 0.6) is 0 Å². The zero-order valence-electron chi connectivity index (χ0n) is 14.3. The average molecular weight is 423 g/mol. The van der Waals surface area contributed by atoms with Crippen molar-refractivity contribution < 1.29 is 8.42 Å². The Labute approximate surface area is 167 Å². The van der Waals surface area contributed by atoms with Crippen LogP contribution in [-0.2, 0) is 16.4 Å². The van der Waals surface area contributed by atoms with E-state index in [0.29, 0.717) is 5.56 Å². The molecule has 3 aromatic rings. The van der Waals surface area contributed by atoms with Crippen LogP contribution in [0.3, 0.4) is 0 Å². The molecule has 140 valence electrons. The number of sulfonamides is 1. The molecule has 2 aromatic carbocycles. The summed E-state index contributed by atoms with van der Waals surface area (Å²) in [6, 6.07) is 12.2. The highest BCUT2D eigenvalue weighted by Crippen LogP contribution is 2.25. The number of nitrogens with one attached hydrogen (secondary N) is 2. The second kappa shape index (κ2) is 8.12. The first-order chi connectivity index (χ1) is 12.9. The third kappa shape index (κ3) is 4.50. The third-order valence-electron chi connectivity index (χ3n) is 3.88. The average Bonchev–Trinajstić information content (AvgIpc) is 3.12. The molecule has 0 aliphatic rings. The van der Waals surface area contributed by atoms with Gasteiger partial charge in [0, 0.05) is 16.1 Å². The van der Waals surface area contributed by atoms with E-state index in [9.17, 15) is 8.42 Å². The van der Waals surface area contributed by atoms with Gasteiger partial charge >= 0.3 is 0 Å². The van der Waals surface area contributed by atoms with Gasteiger partial charge in [-0.25, -0.2) is 4.83 Å². The Morgan fingerprint density at radius 3 is 2.63 bits per heavy atom. The summed E-state index contributed by atoms with van der Waals surface area (Å²) in [6.45, 7) is 2.08. The summed E-state index contributed by atoms with van der Waals surface area (Å²) in [5.74, 6) is 0. The van der Waals surface area contributed by atoms with E-state index < -0.39 is 10.0 Å². The van der Waals surface area contributed by atoms with Gasteiger partial charge in [0.05, 0.1) is 23.1 Å². The van der Waals surface area contributed by atoms with E-state index in [2.05, 4.69) is 27.1 Å². The van der Waals surface area contributed by atoms with Crippen LogP contribution in [0, 0.1) is 0 Å². The molecule has 0 radical (unpaired) electrons. The lowest BCUT2D eigenvalue weighted by atomic mass is 10.1. The van der Waals surface area contributed by atoms with Crippen molar-refractivity contribution in [3.63, 3.8) is 0 Å². The van der Waals surface area contributed by atoms with Crippen molar-refractivity contribution >= 4 is 39.4 Å². The number of nitrogens with zero attached hydrogens (tertiary/aromatic N) is 2. The first kappa shape index (κ1) is 19.4. The van der Waals surface area contributed by atoms with Crippen molar-refractivity contribution in [2.45, 2.75) is 18.2 Å². The Bertz CT molecular complexity index is 1080. The maximum absolute atomic E-state index is 12.4. The van der Waals surface area contributed by atoms with E-state index in [1.54, 1.807) is 6.20 Å². The van der Waals surface area contributed by atoms with Gasteiger partial charge in [-0.15, -0.1) is 0 Å². The fourth-order valence-corrected chi connectivity index (χ4v) is 3.99. The highest BCUT2D eigenvalue weighted by atomic mass is 35.5. The number of hydrogen-bond donors (Lipinski definition) is 2. The molecule has 9 heteroatoms. The van der Waals surface area contributed by atoms with Crippen LogP contribution in [0.25, 0.3) is 11.3 Å². The number of aryl methyl sites for hydroxylation is 1. The van der Waals surface area contributed by atoms with Crippen LogP contribution < -0.4 is 4.83 Å². The molecule has 0 bridgehead atoms. The SMILES string of the molecule is CCc1ccc(-c2[nH]ncc2C=NNS(=O)(=O)c2cc(Cl)ccc2Cl)cc1. The number of benzene rings is 2. The summed E-state index contributed by atoms with van der Waals surface area (Å²) in [4.78, 5) is 1.99. The Kier molecular flexibility index (Phi) is 5.84. The molecule has 6 nitrogen and oxygen atoms in total. The van der Waals surface area contributed by atoms with E-state index in [4.69, 9.17) is 23.2 Å². The van der Waals surface area contributed by atoms with Crippen molar-refractivity contribution in [2.75, 3.05) is 0 Å². The van der Waals surface area contributed by atoms with Gasteiger partial charge in [0.15, 0.2) is 0 Å². The summed E-state index contributed by atoms with van der Waals surface area (Å²) >= 11 is 11.8. The monoisotopic (exact) mass is 422 g/mol. The van der Waals surface area contributed by atoms with Gasteiger partial charge in [-0.3, -0.25) is 5.10 Å². The Morgan fingerprint density at radius 2 is 1.93 bits per heavy atom. The molecule has 0 unspecified atom stereocenters.